The molecule has 0 atom stereocenters. The zero-order valence-corrected chi connectivity index (χ0v) is 12.9. The van der Waals surface area contributed by atoms with Crippen LogP contribution in [0.15, 0.2) is 21.4 Å². The van der Waals surface area contributed by atoms with Gasteiger partial charge in [0.25, 0.3) is 0 Å². The number of carbonyl (C=O) groups is 2. The molecule has 1 aromatic carbocycles. The smallest absolute Gasteiger partial charge is 0.323 e. The molecule has 0 aliphatic rings. The van der Waals surface area contributed by atoms with Crippen LogP contribution >= 0.6 is 15.9 Å². The highest BCUT2D eigenvalue weighted by atomic mass is 79.9. The molecule has 2 rings (SSSR count). The van der Waals surface area contributed by atoms with E-state index in [1.54, 1.807) is 19.1 Å². The molecule has 1 aromatic heterocycles. The first-order chi connectivity index (χ1) is 9.99. The number of aromatic nitrogens is 2. The maximum absolute atomic E-state index is 11.8. The van der Waals surface area contributed by atoms with Crippen LogP contribution in [0.2, 0.25) is 0 Å². The molecule has 0 aliphatic carbocycles. The number of imidazole rings is 1. The average Bonchev–Trinajstić information content (AvgIpc) is 2.76. The van der Waals surface area contributed by atoms with E-state index in [0.29, 0.717) is 27.8 Å². The molecule has 0 bridgehead atoms. The van der Waals surface area contributed by atoms with Crippen molar-refractivity contribution in [3.8, 4) is 0 Å². The summed E-state index contributed by atoms with van der Waals surface area (Å²) in [6.07, 6.45) is 0.0630. The standard InChI is InChI=1S/C13H14BrN3O4/c1-2-21-12(19)4-3-11(18)15-8-6-10-9(5-7(8)14)16-13(20)17-10/h5-6H,2-4H2,1H3,(H,15,18)(H2,16,17,20). The van der Waals surface area contributed by atoms with E-state index >= 15 is 0 Å². The topological polar surface area (TPSA) is 104 Å². The van der Waals surface area contributed by atoms with E-state index in [9.17, 15) is 14.4 Å². The summed E-state index contributed by atoms with van der Waals surface area (Å²) in [6.45, 7) is 2.01. The van der Waals surface area contributed by atoms with Gasteiger partial charge < -0.3 is 20.0 Å². The Kier molecular flexibility index (Phi) is 4.79. The minimum Gasteiger partial charge on any atom is -0.466 e. The van der Waals surface area contributed by atoms with Gasteiger partial charge in [0.05, 0.1) is 29.7 Å². The fourth-order valence-electron chi connectivity index (χ4n) is 1.81. The summed E-state index contributed by atoms with van der Waals surface area (Å²) in [5.74, 6) is -0.710. The summed E-state index contributed by atoms with van der Waals surface area (Å²) in [6, 6.07) is 3.33. The normalized spacial score (nSPS) is 10.6. The Morgan fingerprint density at radius 2 is 1.90 bits per heavy atom. The molecule has 0 saturated heterocycles. The number of ether oxygens (including phenoxy) is 1. The van der Waals surface area contributed by atoms with E-state index in [1.807, 2.05) is 0 Å². The van der Waals surface area contributed by atoms with Crippen LogP contribution < -0.4 is 11.0 Å². The number of rotatable bonds is 5. The molecule has 0 spiro atoms. The summed E-state index contributed by atoms with van der Waals surface area (Å²) < 4.78 is 5.39. The molecule has 112 valence electrons. The van der Waals surface area contributed by atoms with Crippen molar-refractivity contribution in [3.63, 3.8) is 0 Å². The minimum absolute atomic E-state index is 0.0283. The molecule has 1 heterocycles. The number of nitrogens with one attached hydrogen (secondary N) is 3. The molecule has 0 radical (unpaired) electrons. The molecule has 2 aromatic rings. The SMILES string of the molecule is CCOC(=O)CCC(=O)Nc1cc2[nH]c(=O)[nH]c2cc1Br. The Morgan fingerprint density at radius 1 is 1.24 bits per heavy atom. The van der Waals surface area contributed by atoms with Crippen molar-refractivity contribution in [2.45, 2.75) is 19.8 Å². The lowest BCUT2D eigenvalue weighted by Crippen LogP contribution is -2.14. The lowest BCUT2D eigenvalue weighted by Gasteiger charge is -2.07. The number of anilines is 1. The third-order valence-electron chi connectivity index (χ3n) is 2.74. The second-order valence-electron chi connectivity index (χ2n) is 4.31. The van der Waals surface area contributed by atoms with Crippen molar-refractivity contribution in [1.82, 2.24) is 9.97 Å². The molecule has 0 aliphatic heterocycles. The van der Waals surface area contributed by atoms with Crippen LogP contribution in [0.4, 0.5) is 5.69 Å². The molecule has 8 heteroatoms. The van der Waals surface area contributed by atoms with Crippen molar-refractivity contribution in [3.05, 3.63) is 27.1 Å². The van der Waals surface area contributed by atoms with Gasteiger partial charge in [0, 0.05) is 10.9 Å². The van der Waals surface area contributed by atoms with Gasteiger partial charge in [0.1, 0.15) is 0 Å². The van der Waals surface area contributed by atoms with Gasteiger partial charge in [-0.15, -0.1) is 0 Å². The zero-order valence-electron chi connectivity index (χ0n) is 11.3. The number of aromatic amines is 2. The zero-order chi connectivity index (χ0) is 15.4. The lowest BCUT2D eigenvalue weighted by atomic mass is 10.2. The second-order valence-corrected chi connectivity index (χ2v) is 5.16. The van der Waals surface area contributed by atoms with Gasteiger partial charge in [-0.1, -0.05) is 0 Å². The van der Waals surface area contributed by atoms with Gasteiger partial charge in [-0.05, 0) is 35.0 Å². The maximum Gasteiger partial charge on any atom is 0.323 e. The van der Waals surface area contributed by atoms with Crippen LogP contribution in [0.1, 0.15) is 19.8 Å². The van der Waals surface area contributed by atoms with Crippen molar-refractivity contribution in [2.24, 2.45) is 0 Å². The first kappa shape index (κ1) is 15.3. The van der Waals surface area contributed by atoms with Crippen LogP contribution in [0.3, 0.4) is 0 Å². The molecule has 0 saturated carbocycles. The van der Waals surface area contributed by atoms with Crippen LogP contribution in [0.5, 0.6) is 0 Å². The molecule has 3 N–H and O–H groups in total. The maximum atomic E-state index is 11.8. The molecule has 0 unspecified atom stereocenters. The Balaban J connectivity index is 2.05. The second kappa shape index (κ2) is 6.57. The van der Waals surface area contributed by atoms with Crippen molar-refractivity contribution in [2.75, 3.05) is 11.9 Å². The predicted octanol–water partition coefficient (Wildman–Crippen LogP) is 1.90. The lowest BCUT2D eigenvalue weighted by molar-refractivity contribution is -0.144. The molecular formula is C13H14BrN3O4. The van der Waals surface area contributed by atoms with Gasteiger partial charge in [0.15, 0.2) is 0 Å². The summed E-state index contributed by atoms with van der Waals surface area (Å²) >= 11 is 3.32. The first-order valence-electron chi connectivity index (χ1n) is 6.36. The monoisotopic (exact) mass is 355 g/mol. The van der Waals surface area contributed by atoms with Crippen molar-refractivity contribution in [1.29, 1.82) is 0 Å². The molecular weight excluding hydrogens is 342 g/mol. The summed E-state index contributed by atoms with van der Waals surface area (Å²) in [5.41, 5.74) is 1.43. The highest BCUT2D eigenvalue weighted by Crippen LogP contribution is 2.26. The van der Waals surface area contributed by atoms with Crippen molar-refractivity contribution >= 4 is 44.5 Å². The quantitative estimate of drug-likeness (QED) is 0.712. The average molecular weight is 356 g/mol. The first-order valence-corrected chi connectivity index (χ1v) is 7.16. The third-order valence-corrected chi connectivity index (χ3v) is 3.40. The number of H-pyrrole nitrogens is 2. The number of halogens is 1. The largest absolute Gasteiger partial charge is 0.466 e. The van der Waals surface area contributed by atoms with E-state index in [0.717, 1.165) is 0 Å². The predicted molar refractivity (Wildman–Crippen MR) is 81.1 cm³/mol. The Labute approximate surface area is 128 Å². The van der Waals surface area contributed by atoms with Crippen molar-refractivity contribution < 1.29 is 14.3 Å². The highest BCUT2D eigenvalue weighted by Gasteiger charge is 2.11. The van der Waals surface area contributed by atoms with Gasteiger partial charge in [-0.25, -0.2) is 4.79 Å². The number of esters is 1. The molecule has 0 fully saturated rings. The van der Waals surface area contributed by atoms with E-state index in [4.69, 9.17) is 4.74 Å². The van der Waals surface area contributed by atoms with E-state index in [1.165, 1.54) is 0 Å². The Bertz CT molecular complexity index is 735. The van der Waals surface area contributed by atoms with Crippen LogP contribution in [-0.4, -0.2) is 28.5 Å². The van der Waals surface area contributed by atoms with E-state index in [-0.39, 0.29) is 24.4 Å². The van der Waals surface area contributed by atoms with Crippen LogP contribution in [-0.2, 0) is 14.3 Å². The van der Waals surface area contributed by atoms with Crippen LogP contribution in [0.25, 0.3) is 11.0 Å². The highest BCUT2D eigenvalue weighted by molar-refractivity contribution is 9.10. The number of carbonyl (C=O) groups excluding carboxylic acids is 2. The molecule has 21 heavy (non-hydrogen) atoms. The molecule has 7 nitrogen and oxygen atoms in total. The van der Waals surface area contributed by atoms with Gasteiger partial charge in [0.2, 0.25) is 5.91 Å². The Morgan fingerprint density at radius 3 is 2.57 bits per heavy atom. The number of amides is 1. The number of benzene rings is 1. The van der Waals surface area contributed by atoms with E-state index < -0.39 is 5.97 Å². The van der Waals surface area contributed by atoms with Gasteiger partial charge >= 0.3 is 11.7 Å². The molecule has 1 amide bonds. The fraction of sp³-hybridized carbons (Fsp3) is 0.308. The third kappa shape index (κ3) is 3.94. The summed E-state index contributed by atoms with van der Waals surface area (Å²) in [7, 11) is 0. The minimum atomic E-state index is -0.405. The van der Waals surface area contributed by atoms with E-state index in [2.05, 4.69) is 31.2 Å². The van der Waals surface area contributed by atoms with Gasteiger partial charge in [-0.3, -0.25) is 9.59 Å². The summed E-state index contributed by atoms with van der Waals surface area (Å²) in [5, 5.41) is 2.68. The summed E-state index contributed by atoms with van der Waals surface area (Å²) in [4.78, 5) is 39.4. The number of fused-ring (bicyclic) bond motifs is 1. The van der Waals surface area contributed by atoms with Crippen LogP contribution in [0, 0.1) is 0 Å². The Hall–Kier alpha value is -2.09. The number of hydrogen-bond donors (Lipinski definition) is 3. The number of hydrogen-bond acceptors (Lipinski definition) is 4. The van der Waals surface area contributed by atoms with Gasteiger partial charge in [-0.2, -0.15) is 0 Å². The fourth-order valence-corrected chi connectivity index (χ4v) is 2.26.